The lowest BCUT2D eigenvalue weighted by Gasteiger charge is -2.22. The third-order valence-corrected chi connectivity index (χ3v) is 5.39. The normalized spacial score (nSPS) is 15.2. The lowest BCUT2D eigenvalue weighted by Crippen LogP contribution is -2.16. The summed E-state index contributed by atoms with van der Waals surface area (Å²) in [5.41, 5.74) is 1.06. The molecule has 0 saturated heterocycles. The molecule has 0 aliphatic heterocycles. The molecule has 0 amide bonds. The van der Waals surface area contributed by atoms with Crippen molar-refractivity contribution in [2.45, 2.75) is 55.1 Å². The molecule has 1 N–H and O–H groups in total. The largest absolute Gasteiger partial charge is 0.314 e. The van der Waals surface area contributed by atoms with Gasteiger partial charge in [-0.25, -0.2) is 4.39 Å². The second-order valence-electron chi connectivity index (χ2n) is 6.25. The Balaban J connectivity index is 0.00000208. The molecule has 1 saturated carbocycles. The number of hydrogen-bond acceptors (Lipinski definition) is 3. The molecule has 1 aliphatic carbocycles. The molecule has 0 bridgehead atoms. The van der Waals surface area contributed by atoms with E-state index in [0.29, 0.717) is 0 Å². The Morgan fingerprint density at radius 3 is 2.58 bits per heavy atom. The standard InChI is InChI=1S/C18H24FN3S.ClH/c1-20-12-16-11-18(23-17-9-7-15(19)8-10-17)22(21-16)13-14-5-3-2-4-6-14;/h7-11,14,20H,2-6,12-13H2,1H3;1H. The highest BCUT2D eigenvalue weighted by Gasteiger charge is 2.17. The minimum Gasteiger partial charge on any atom is -0.314 e. The van der Waals surface area contributed by atoms with Crippen molar-refractivity contribution in [3.8, 4) is 0 Å². The molecule has 6 heteroatoms. The predicted molar refractivity (Wildman–Crippen MR) is 99.3 cm³/mol. The van der Waals surface area contributed by atoms with E-state index in [0.717, 1.165) is 34.6 Å². The van der Waals surface area contributed by atoms with Gasteiger partial charge < -0.3 is 5.32 Å². The summed E-state index contributed by atoms with van der Waals surface area (Å²) < 4.78 is 15.2. The first kappa shape index (κ1) is 19.3. The van der Waals surface area contributed by atoms with E-state index in [1.807, 2.05) is 19.2 Å². The van der Waals surface area contributed by atoms with Gasteiger partial charge in [-0.15, -0.1) is 12.4 Å². The van der Waals surface area contributed by atoms with Gasteiger partial charge in [0.2, 0.25) is 0 Å². The van der Waals surface area contributed by atoms with Crippen LogP contribution in [-0.2, 0) is 13.1 Å². The van der Waals surface area contributed by atoms with E-state index in [9.17, 15) is 4.39 Å². The Bertz CT molecular complexity index is 624. The van der Waals surface area contributed by atoms with Gasteiger partial charge in [-0.1, -0.05) is 31.0 Å². The fourth-order valence-corrected chi connectivity index (χ4v) is 4.10. The highest BCUT2D eigenvalue weighted by molar-refractivity contribution is 7.99. The van der Waals surface area contributed by atoms with Crippen molar-refractivity contribution in [1.29, 1.82) is 0 Å². The van der Waals surface area contributed by atoms with Crippen LogP contribution in [0.15, 0.2) is 40.3 Å². The van der Waals surface area contributed by atoms with Gasteiger partial charge in [-0.05, 0) is 56.1 Å². The molecule has 0 unspecified atom stereocenters. The Hall–Kier alpha value is -1.04. The van der Waals surface area contributed by atoms with Crippen molar-refractivity contribution in [3.63, 3.8) is 0 Å². The molecule has 1 aromatic carbocycles. The SMILES string of the molecule is CNCc1cc(Sc2ccc(F)cc2)n(CC2CCCCC2)n1.Cl. The number of nitrogens with zero attached hydrogens (tertiary/aromatic N) is 2. The highest BCUT2D eigenvalue weighted by Crippen LogP contribution is 2.31. The van der Waals surface area contributed by atoms with Crippen LogP contribution >= 0.6 is 24.2 Å². The molecule has 1 fully saturated rings. The van der Waals surface area contributed by atoms with Gasteiger partial charge in [0.1, 0.15) is 5.82 Å². The summed E-state index contributed by atoms with van der Waals surface area (Å²) >= 11 is 1.66. The van der Waals surface area contributed by atoms with Crippen LogP contribution in [0.1, 0.15) is 37.8 Å². The first-order valence-electron chi connectivity index (χ1n) is 8.39. The highest BCUT2D eigenvalue weighted by atomic mass is 35.5. The monoisotopic (exact) mass is 369 g/mol. The second-order valence-corrected chi connectivity index (χ2v) is 7.34. The van der Waals surface area contributed by atoms with Gasteiger partial charge in [0.05, 0.1) is 10.7 Å². The molecule has 1 heterocycles. The minimum atomic E-state index is -0.194. The minimum absolute atomic E-state index is 0. The van der Waals surface area contributed by atoms with Crippen LogP contribution in [0.4, 0.5) is 4.39 Å². The zero-order valence-electron chi connectivity index (χ0n) is 14.0. The van der Waals surface area contributed by atoms with Gasteiger partial charge in [0.15, 0.2) is 0 Å². The van der Waals surface area contributed by atoms with E-state index >= 15 is 0 Å². The Morgan fingerprint density at radius 1 is 1.21 bits per heavy atom. The molecule has 1 aliphatic rings. The number of rotatable bonds is 6. The average Bonchev–Trinajstić information content (AvgIpc) is 2.92. The number of hydrogen-bond donors (Lipinski definition) is 1. The van der Waals surface area contributed by atoms with E-state index in [2.05, 4.69) is 16.1 Å². The Labute approximate surface area is 153 Å². The van der Waals surface area contributed by atoms with E-state index in [4.69, 9.17) is 5.10 Å². The molecule has 0 radical (unpaired) electrons. The smallest absolute Gasteiger partial charge is 0.123 e. The fourth-order valence-electron chi connectivity index (χ4n) is 3.17. The number of benzene rings is 1. The first-order valence-corrected chi connectivity index (χ1v) is 9.21. The molecular weight excluding hydrogens is 345 g/mol. The van der Waals surface area contributed by atoms with Gasteiger partial charge in [0, 0.05) is 18.0 Å². The van der Waals surface area contributed by atoms with Crippen LogP contribution in [0, 0.1) is 11.7 Å². The zero-order chi connectivity index (χ0) is 16.1. The van der Waals surface area contributed by atoms with E-state index in [1.54, 1.807) is 11.8 Å². The van der Waals surface area contributed by atoms with Crippen molar-refractivity contribution in [2.75, 3.05) is 7.05 Å². The van der Waals surface area contributed by atoms with Crippen LogP contribution in [0.2, 0.25) is 0 Å². The maximum atomic E-state index is 13.1. The molecule has 0 spiro atoms. The quantitative estimate of drug-likeness (QED) is 0.785. The molecule has 2 aromatic rings. The second kappa shape index (κ2) is 9.44. The maximum absolute atomic E-state index is 13.1. The third-order valence-electron chi connectivity index (χ3n) is 4.34. The van der Waals surface area contributed by atoms with Crippen LogP contribution in [0.25, 0.3) is 0 Å². The molecule has 1 aromatic heterocycles. The molecule has 132 valence electrons. The topological polar surface area (TPSA) is 29.9 Å². The summed E-state index contributed by atoms with van der Waals surface area (Å²) in [6, 6.07) is 8.83. The predicted octanol–water partition coefficient (Wildman–Crippen LogP) is 4.89. The van der Waals surface area contributed by atoms with E-state index < -0.39 is 0 Å². The lowest BCUT2D eigenvalue weighted by molar-refractivity contribution is 0.299. The summed E-state index contributed by atoms with van der Waals surface area (Å²) in [4.78, 5) is 1.05. The molecular formula is C18H25ClFN3S. The van der Waals surface area contributed by atoms with Crippen molar-refractivity contribution >= 4 is 24.2 Å². The molecule has 24 heavy (non-hydrogen) atoms. The summed E-state index contributed by atoms with van der Waals surface area (Å²) in [6.45, 7) is 1.77. The summed E-state index contributed by atoms with van der Waals surface area (Å²) in [7, 11) is 1.94. The van der Waals surface area contributed by atoms with Crippen molar-refractivity contribution < 1.29 is 4.39 Å². The first-order chi connectivity index (χ1) is 11.2. The summed E-state index contributed by atoms with van der Waals surface area (Å²) in [5.74, 6) is 0.541. The third kappa shape index (κ3) is 5.23. The van der Waals surface area contributed by atoms with E-state index in [-0.39, 0.29) is 18.2 Å². The zero-order valence-corrected chi connectivity index (χ0v) is 15.6. The summed E-state index contributed by atoms with van der Waals surface area (Å²) in [6.07, 6.45) is 6.67. The van der Waals surface area contributed by atoms with Crippen molar-refractivity contribution in [3.05, 3.63) is 41.8 Å². The lowest BCUT2D eigenvalue weighted by atomic mass is 9.89. The van der Waals surface area contributed by atoms with Gasteiger partial charge in [-0.3, -0.25) is 4.68 Å². The fraction of sp³-hybridized carbons (Fsp3) is 0.500. The van der Waals surface area contributed by atoms with Crippen LogP contribution < -0.4 is 5.32 Å². The maximum Gasteiger partial charge on any atom is 0.123 e. The molecule has 3 nitrogen and oxygen atoms in total. The Morgan fingerprint density at radius 2 is 1.92 bits per heavy atom. The Kier molecular flexibility index (Phi) is 7.59. The number of nitrogens with one attached hydrogen (secondary N) is 1. The van der Waals surface area contributed by atoms with Crippen molar-refractivity contribution in [1.82, 2.24) is 15.1 Å². The average molecular weight is 370 g/mol. The van der Waals surface area contributed by atoms with Crippen LogP contribution in [-0.4, -0.2) is 16.8 Å². The van der Waals surface area contributed by atoms with Crippen LogP contribution in [0.3, 0.4) is 0 Å². The van der Waals surface area contributed by atoms with Crippen molar-refractivity contribution in [2.24, 2.45) is 5.92 Å². The van der Waals surface area contributed by atoms with Crippen LogP contribution in [0.5, 0.6) is 0 Å². The molecule has 3 rings (SSSR count). The van der Waals surface area contributed by atoms with E-state index in [1.165, 1.54) is 44.2 Å². The number of halogens is 2. The molecule has 0 atom stereocenters. The van der Waals surface area contributed by atoms with Gasteiger partial charge in [-0.2, -0.15) is 5.10 Å². The number of aromatic nitrogens is 2. The van der Waals surface area contributed by atoms with Gasteiger partial charge in [0.25, 0.3) is 0 Å². The van der Waals surface area contributed by atoms with Gasteiger partial charge >= 0.3 is 0 Å². The summed E-state index contributed by atoms with van der Waals surface area (Å²) in [5, 5.41) is 9.08.